The fourth-order valence-corrected chi connectivity index (χ4v) is 7.14. The maximum atomic E-state index is 5.19. The van der Waals surface area contributed by atoms with Crippen molar-refractivity contribution in [3.63, 3.8) is 0 Å². The minimum Gasteiger partial charge on any atom is -0.264 e. The Bertz CT molecular complexity index is 2550. The Balaban J connectivity index is 1.11. The second kappa shape index (κ2) is 13.1. The third-order valence-electron chi connectivity index (χ3n) is 10.0. The summed E-state index contributed by atoms with van der Waals surface area (Å²) in [5, 5.41) is 2.47. The number of pyridine rings is 1. The highest BCUT2D eigenvalue weighted by atomic mass is 14.9. The summed E-state index contributed by atoms with van der Waals surface area (Å²) >= 11 is 0. The van der Waals surface area contributed by atoms with Gasteiger partial charge in [-0.2, -0.15) is 0 Å². The third kappa shape index (κ3) is 6.15. The van der Waals surface area contributed by atoms with E-state index in [4.69, 9.17) is 9.97 Å². The summed E-state index contributed by atoms with van der Waals surface area (Å²) in [5.41, 5.74) is 14.5. The van der Waals surface area contributed by atoms with Crippen molar-refractivity contribution in [1.29, 1.82) is 0 Å². The Morgan fingerprint density at radius 3 is 1.90 bits per heavy atom. The lowest BCUT2D eigenvalue weighted by molar-refractivity contribution is 0.772. The van der Waals surface area contributed by atoms with Crippen LogP contribution >= 0.6 is 0 Å². The zero-order chi connectivity index (χ0) is 34.1. The van der Waals surface area contributed by atoms with Crippen LogP contribution in [0.1, 0.15) is 30.4 Å². The van der Waals surface area contributed by atoms with Crippen LogP contribution in [0.2, 0.25) is 0 Å². The molecule has 0 spiro atoms. The average molecular weight is 654 g/mol. The lowest BCUT2D eigenvalue weighted by atomic mass is 9.86. The van der Waals surface area contributed by atoms with Crippen molar-refractivity contribution in [1.82, 2.24) is 15.0 Å². The Kier molecular flexibility index (Phi) is 7.87. The molecule has 6 aromatic carbocycles. The third-order valence-corrected chi connectivity index (χ3v) is 10.0. The molecule has 2 heterocycles. The first-order valence-electron chi connectivity index (χ1n) is 17.6. The van der Waals surface area contributed by atoms with Gasteiger partial charge in [-0.3, -0.25) is 4.98 Å². The van der Waals surface area contributed by atoms with Gasteiger partial charge in [-0.25, -0.2) is 9.97 Å². The summed E-state index contributed by atoms with van der Waals surface area (Å²) in [4.78, 5) is 14.6. The fourth-order valence-electron chi connectivity index (χ4n) is 7.14. The number of fused-ring (bicyclic) bond motifs is 2. The summed E-state index contributed by atoms with van der Waals surface area (Å²) in [5.74, 6) is 1.22. The summed E-state index contributed by atoms with van der Waals surface area (Å²) in [6, 6.07) is 54.0. The zero-order valence-corrected chi connectivity index (χ0v) is 28.4. The zero-order valence-electron chi connectivity index (χ0n) is 28.4. The molecule has 0 saturated heterocycles. The van der Waals surface area contributed by atoms with Crippen molar-refractivity contribution < 1.29 is 0 Å². The van der Waals surface area contributed by atoms with Crippen LogP contribution in [0, 0.1) is 0 Å². The first-order valence-corrected chi connectivity index (χ1v) is 17.6. The monoisotopic (exact) mass is 653 g/mol. The van der Waals surface area contributed by atoms with Gasteiger partial charge in [0.25, 0.3) is 0 Å². The quantitative estimate of drug-likeness (QED) is 0.179. The van der Waals surface area contributed by atoms with Crippen molar-refractivity contribution in [2.75, 3.05) is 0 Å². The van der Waals surface area contributed by atoms with Crippen molar-refractivity contribution >= 4 is 16.8 Å². The molecule has 0 aliphatic heterocycles. The van der Waals surface area contributed by atoms with Crippen molar-refractivity contribution in [3.05, 3.63) is 181 Å². The Labute approximate surface area is 298 Å². The van der Waals surface area contributed by atoms with Crippen LogP contribution < -0.4 is 0 Å². The van der Waals surface area contributed by atoms with Crippen molar-refractivity contribution in [2.45, 2.75) is 19.3 Å². The predicted molar refractivity (Wildman–Crippen MR) is 212 cm³/mol. The maximum Gasteiger partial charge on any atom is 0.160 e. The molecular formula is C48H35N3. The van der Waals surface area contributed by atoms with Gasteiger partial charge < -0.3 is 0 Å². The molecule has 1 atom stereocenters. The summed E-state index contributed by atoms with van der Waals surface area (Å²) in [7, 11) is 0. The standard InChI is InChI=1S/C48H35N3/c1-32-7-4-10-36-19-25-42(29-45(32)36)34-16-22-38(23-17-34)48-50-46(37-20-14-35(15-21-37)44-13-6-26-49-31-44)30-47(51-48)43-12-5-11-40(28-43)41-24-18-33-8-2-3-9-39(33)27-41/h2-6,8-32H,7H2,1H3. The van der Waals surface area contributed by atoms with E-state index in [0.717, 1.165) is 51.2 Å². The number of nitrogens with zero attached hydrogens (tertiary/aromatic N) is 3. The molecule has 0 amide bonds. The van der Waals surface area contributed by atoms with Crippen LogP contribution in [-0.2, 0) is 0 Å². The molecule has 242 valence electrons. The van der Waals surface area contributed by atoms with E-state index in [1.54, 1.807) is 6.20 Å². The molecule has 1 aliphatic rings. The fraction of sp³-hybridized carbons (Fsp3) is 0.0625. The Morgan fingerprint density at radius 1 is 0.471 bits per heavy atom. The summed E-state index contributed by atoms with van der Waals surface area (Å²) < 4.78 is 0. The second-order valence-corrected chi connectivity index (χ2v) is 13.4. The molecule has 2 aromatic heterocycles. The van der Waals surface area contributed by atoms with Gasteiger partial charge in [0.05, 0.1) is 11.4 Å². The number of hydrogen-bond acceptors (Lipinski definition) is 3. The molecule has 51 heavy (non-hydrogen) atoms. The van der Waals surface area contributed by atoms with Gasteiger partial charge in [-0.15, -0.1) is 0 Å². The van der Waals surface area contributed by atoms with Crippen LogP contribution in [0.25, 0.3) is 84.1 Å². The Hall–Kier alpha value is -6.45. The van der Waals surface area contributed by atoms with Crippen molar-refractivity contribution in [3.8, 4) is 67.3 Å². The lowest BCUT2D eigenvalue weighted by Gasteiger charge is -2.19. The highest BCUT2D eigenvalue weighted by Gasteiger charge is 2.15. The Morgan fingerprint density at radius 2 is 1.10 bits per heavy atom. The molecule has 0 fully saturated rings. The van der Waals surface area contributed by atoms with Gasteiger partial charge in [0.2, 0.25) is 0 Å². The van der Waals surface area contributed by atoms with Gasteiger partial charge in [-0.1, -0.05) is 146 Å². The molecule has 3 nitrogen and oxygen atoms in total. The van der Waals surface area contributed by atoms with E-state index in [1.807, 2.05) is 12.3 Å². The average Bonchev–Trinajstić information content (AvgIpc) is 3.21. The SMILES string of the molecule is CC1CC=Cc2ccc(-c3ccc(-c4nc(-c5ccc(-c6cccnc6)cc5)cc(-c5cccc(-c6ccc7ccccc7c6)c5)n4)cc3)cc21. The van der Waals surface area contributed by atoms with Crippen LogP contribution in [0.3, 0.4) is 0 Å². The van der Waals surface area contributed by atoms with Crippen molar-refractivity contribution in [2.24, 2.45) is 0 Å². The van der Waals surface area contributed by atoms with Crippen LogP contribution in [-0.4, -0.2) is 15.0 Å². The normalized spacial score (nSPS) is 13.6. The van der Waals surface area contributed by atoms with Gasteiger partial charge >= 0.3 is 0 Å². The van der Waals surface area contributed by atoms with Crippen LogP contribution in [0.4, 0.5) is 0 Å². The van der Waals surface area contributed by atoms with E-state index in [9.17, 15) is 0 Å². The second-order valence-electron chi connectivity index (χ2n) is 13.4. The van der Waals surface area contributed by atoms with E-state index >= 15 is 0 Å². The number of benzene rings is 6. The van der Waals surface area contributed by atoms with Gasteiger partial charge in [-0.05, 0) is 91.9 Å². The molecule has 8 aromatic rings. The minimum atomic E-state index is 0.525. The number of aromatic nitrogens is 3. The highest BCUT2D eigenvalue weighted by molar-refractivity contribution is 5.88. The molecule has 0 radical (unpaired) electrons. The largest absolute Gasteiger partial charge is 0.264 e. The topological polar surface area (TPSA) is 38.7 Å². The van der Waals surface area contributed by atoms with E-state index in [2.05, 4.69) is 170 Å². The highest BCUT2D eigenvalue weighted by Crippen LogP contribution is 2.35. The molecule has 3 heteroatoms. The lowest BCUT2D eigenvalue weighted by Crippen LogP contribution is -2.00. The molecule has 9 rings (SSSR count). The number of allylic oxidation sites excluding steroid dienone is 1. The van der Waals surface area contributed by atoms with E-state index < -0.39 is 0 Å². The minimum absolute atomic E-state index is 0.525. The molecular weight excluding hydrogens is 619 g/mol. The van der Waals surface area contributed by atoms with Crippen LogP contribution in [0.5, 0.6) is 0 Å². The molecule has 0 saturated carbocycles. The smallest absolute Gasteiger partial charge is 0.160 e. The number of hydrogen-bond donors (Lipinski definition) is 0. The van der Waals surface area contributed by atoms with E-state index in [0.29, 0.717) is 11.7 Å². The first kappa shape index (κ1) is 30.6. The molecule has 0 N–H and O–H groups in total. The first-order chi connectivity index (χ1) is 25.1. The van der Waals surface area contributed by atoms with Gasteiger partial charge in [0.1, 0.15) is 0 Å². The predicted octanol–water partition coefficient (Wildman–Crippen LogP) is 12.5. The molecule has 0 bridgehead atoms. The van der Waals surface area contributed by atoms with Gasteiger partial charge in [0.15, 0.2) is 5.82 Å². The molecule has 1 aliphatic carbocycles. The van der Waals surface area contributed by atoms with E-state index in [-0.39, 0.29) is 0 Å². The summed E-state index contributed by atoms with van der Waals surface area (Å²) in [6.07, 6.45) is 9.30. The van der Waals surface area contributed by atoms with E-state index in [1.165, 1.54) is 38.6 Å². The van der Waals surface area contributed by atoms with Gasteiger partial charge in [0, 0.05) is 29.1 Å². The van der Waals surface area contributed by atoms with Crippen LogP contribution in [0.15, 0.2) is 170 Å². The number of rotatable bonds is 6. The molecule has 1 unspecified atom stereocenters. The summed E-state index contributed by atoms with van der Waals surface area (Å²) in [6.45, 7) is 2.31. The maximum absolute atomic E-state index is 5.19.